The summed E-state index contributed by atoms with van der Waals surface area (Å²) in [5.74, 6) is -0.0463. The van der Waals surface area contributed by atoms with Gasteiger partial charge in [-0.05, 0) is 12.5 Å². The molecule has 1 heterocycles. The maximum absolute atomic E-state index is 12.9. The predicted octanol–water partition coefficient (Wildman–Crippen LogP) is 3.19. The lowest BCUT2D eigenvalue weighted by molar-refractivity contribution is 0.0989. The van der Waals surface area contributed by atoms with Crippen molar-refractivity contribution in [3.63, 3.8) is 0 Å². The standard InChI is InChI=1S/C18H15N3O2S/c1-12-17(23)19-18(21-20-12)24-16(14-10-6-3-7-11-14)15(22)13-8-4-2-5-9-13/h2-11,16H,1H3,(H,19,21,23)/t16-/m0/s1. The van der Waals surface area contributed by atoms with E-state index in [1.807, 2.05) is 48.5 Å². The van der Waals surface area contributed by atoms with Crippen molar-refractivity contribution in [3.8, 4) is 0 Å². The molecule has 0 spiro atoms. The summed E-state index contributed by atoms with van der Waals surface area (Å²) in [6.07, 6.45) is 0. The van der Waals surface area contributed by atoms with Gasteiger partial charge in [-0.1, -0.05) is 72.4 Å². The normalized spacial score (nSPS) is 11.9. The Morgan fingerprint density at radius 1 is 1.00 bits per heavy atom. The van der Waals surface area contributed by atoms with E-state index in [1.165, 1.54) is 11.8 Å². The number of ketones is 1. The number of aromatic amines is 1. The van der Waals surface area contributed by atoms with E-state index in [0.717, 1.165) is 5.56 Å². The van der Waals surface area contributed by atoms with Crippen molar-refractivity contribution in [1.29, 1.82) is 0 Å². The molecule has 0 aliphatic carbocycles. The number of nitrogens with zero attached hydrogens (tertiary/aromatic N) is 2. The number of carbonyl (C=O) groups is 1. The SMILES string of the molecule is Cc1nnc(S[C@H](C(=O)c2ccccc2)c2ccccc2)[nH]c1=O. The molecular formula is C18H15N3O2S. The van der Waals surface area contributed by atoms with Crippen LogP contribution in [0.15, 0.2) is 70.6 Å². The van der Waals surface area contributed by atoms with E-state index in [0.29, 0.717) is 16.4 Å². The molecule has 120 valence electrons. The highest BCUT2D eigenvalue weighted by molar-refractivity contribution is 8.00. The summed E-state index contributed by atoms with van der Waals surface area (Å²) in [5, 5.41) is 7.63. The molecular weight excluding hydrogens is 322 g/mol. The Hall–Kier alpha value is -2.73. The number of aromatic nitrogens is 3. The number of benzene rings is 2. The first-order valence-electron chi connectivity index (χ1n) is 7.39. The average Bonchev–Trinajstić information content (AvgIpc) is 2.63. The van der Waals surface area contributed by atoms with E-state index in [9.17, 15) is 9.59 Å². The molecule has 6 heteroatoms. The quantitative estimate of drug-likeness (QED) is 0.571. The van der Waals surface area contributed by atoms with Crippen molar-refractivity contribution in [3.05, 3.63) is 87.8 Å². The summed E-state index contributed by atoms with van der Waals surface area (Å²) in [6.45, 7) is 1.59. The maximum Gasteiger partial charge on any atom is 0.273 e. The Labute approximate surface area is 143 Å². The molecule has 0 aliphatic rings. The van der Waals surface area contributed by atoms with Crippen LogP contribution in [0.2, 0.25) is 0 Å². The molecule has 5 nitrogen and oxygen atoms in total. The number of carbonyl (C=O) groups excluding carboxylic acids is 1. The highest BCUT2D eigenvalue weighted by Crippen LogP contribution is 2.35. The lowest BCUT2D eigenvalue weighted by Crippen LogP contribution is -2.16. The number of nitrogens with one attached hydrogen (secondary N) is 1. The fraction of sp³-hybridized carbons (Fsp3) is 0.111. The van der Waals surface area contributed by atoms with Gasteiger partial charge in [0, 0.05) is 5.56 Å². The van der Waals surface area contributed by atoms with Crippen LogP contribution in [0, 0.1) is 6.92 Å². The number of thioether (sulfide) groups is 1. The van der Waals surface area contributed by atoms with E-state index in [2.05, 4.69) is 15.2 Å². The zero-order valence-corrected chi connectivity index (χ0v) is 13.8. The summed E-state index contributed by atoms with van der Waals surface area (Å²) in [5.41, 5.74) is 1.46. The largest absolute Gasteiger partial charge is 0.298 e. The monoisotopic (exact) mass is 337 g/mol. The van der Waals surface area contributed by atoms with Crippen molar-refractivity contribution >= 4 is 17.5 Å². The van der Waals surface area contributed by atoms with Crippen LogP contribution in [-0.2, 0) is 0 Å². The minimum Gasteiger partial charge on any atom is -0.298 e. The molecule has 0 fully saturated rings. The lowest BCUT2D eigenvalue weighted by Gasteiger charge is -2.15. The van der Waals surface area contributed by atoms with Crippen molar-refractivity contribution < 1.29 is 4.79 Å². The zero-order valence-electron chi connectivity index (χ0n) is 13.0. The van der Waals surface area contributed by atoms with Crippen LogP contribution in [0.25, 0.3) is 0 Å². The Morgan fingerprint density at radius 2 is 1.62 bits per heavy atom. The first-order chi connectivity index (χ1) is 11.6. The van der Waals surface area contributed by atoms with Gasteiger partial charge in [-0.2, -0.15) is 0 Å². The number of Topliss-reactive ketones (excluding diaryl/α,β-unsaturated/α-hetero) is 1. The fourth-order valence-electron chi connectivity index (χ4n) is 2.20. The van der Waals surface area contributed by atoms with Crippen molar-refractivity contribution in [2.45, 2.75) is 17.3 Å². The van der Waals surface area contributed by atoms with Crippen LogP contribution < -0.4 is 5.56 Å². The molecule has 0 aliphatic heterocycles. The molecule has 1 aromatic heterocycles. The van der Waals surface area contributed by atoms with Gasteiger partial charge in [0.15, 0.2) is 10.9 Å². The Morgan fingerprint density at radius 3 is 2.25 bits per heavy atom. The number of H-pyrrole nitrogens is 1. The third-order valence-electron chi connectivity index (χ3n) is 3.47. The Balaban J connectivity index is 1.98. The molecule has 0 bridgehead atoms. The number of hydrogen-bond acceptors (Lipinski definition) is 5. The van der Waals surface area contributed by atoms with Crippen LogP contribution in [0.3, 0.4) is 0 Å². The van der Waals surface area contributed by atoms with Crippen LogP contribution >= 0.6 is 11.8 Å². The minimum absolute atomic E-state index is 0.0463. The zero-order chi connectivity index (χ0) is 16.9. The van der Waals surface area contributed by atoms with Gasteiger partial charge in [0.2, 0.25) is 0 Å². The van der Waals surface area contributed by atoms with Gasteiger partial charge in [-0.3, -0.25) is 14.6 Å². The lowest BCUT2D eigenvalue weighted by atomic mass is 10.0. The third kappa shape index (κ3) is 3.60. The predicted molar refractivity (Wildman–Crippen MR) is 93.2 cm³/mol. The van der Waals surface area contributed by atoms with Crippen molar-refractivity contribution in [2.24, 2.45) is 0 Å². The topological polar surface area (TPSA) is 75.7 Å². The third-order valence-corrected chi connectivity index (χ3v) is 4.60. The average molecular weight is 337 g/mol. The minimum atomic E-state index is -0.513. The van der Waals surface area contributed by atoms with Crippen LogP contribution in [0.1, 0.15) is 26.9 Å². The molecule has 1 atom stereocenters. The van der Waals surface area contributed by atoms with Crippen LogP contribution in [0.5, 0.6) is 0 Å². The second-order valence-corrected chi connectivity index (χ2v) is 6.28. The smallest absolute Gasteiger partial charge is 0.273 e. The van der Waals surface area contributed by atoms with Gasteiger partial charge < -0.3 is 0 Å². The molecule has 0 radical (unpaired) electrons. The molecule has 1 N–H and O–H groups in total. The first kappa shape index (κ1) is 16.1. The maximum atomic E-state index is 12.9. The highest BCUT2D eigenvalue weighted by atomic mass is 32.2. The first-order valence-corrected chi connectivity index (χ1v) is 8.27. The van der Waals surface area contributed by atoms with Crippen LogP contribution in [-0.4, -0.2) is 21.0 Å². The van der Waals surface area contributed by atoms with Crippen molar-refractivity contribution in [1.82, 2.24) is 15.2 Å². The molecule has 2 aromatic carbocycles. The van der Waals surface area contributed by atoms with E-state index >= 15 is 0 Å². The van der Waals surface area contributed by atoms with Gasteiger partial charge in [0.1, 0.15) is 10.9 Å². The van der Waals surface area contributed by atoms with Gasteiger partial charge in [-0.15, -0.1) is 10.2 Å². The number of rotatable bonds is 5. The Bertz CT molecular complexity index is 895. The van der Waals surface area contributed by atoms with E-state index < -0.39 is 5.25 Å². The highest BCUT2D eigenvalue weighted by Gasteiger charge is 2.24. The van der Waals surface area contributed by atoms with Gasteiger partial charge in [0.05, 0.1) is 0 Å². The molecule has 0 saturated carbocycles. The summed E-state index contributed by atoms with van der Waals surface area (Å²) < 4.78 is 0. The molecule has 3 aromatic rings. The summed E-state index contributed by atoms with van der Waals surface area (Å²) in [4.78, 5) is 27.3. The second kappa shape index (κ2) is 7.23. The molecule has 0 saturated heterocycles. The van der Waals surface area contributed by atoms with Gasteiger partial charge in [-0.25, -0.2) is 0 Å². The van der Waals surface area contributed by atoms with Gasteiger partial charge in [0.25, 0.3) is 5.56 Å². The van der Waals surface area contributed by atoms with Gasteiger partial charge >= 0.3 is 0 Å². The number of hydrogen-bond donors (Lipinski definition) is 1. The molecule has 0 unspecified atom stereocenters. The Kier molecular flexibility index (Phi) is 4.86. The second-order valence-electron chi connectivity index (χ2n) is 5.18. The van der Waals surface area contributed by atoms with Crippen molar-refractivity contribution in [2.75, 3.05) is 0 Å². The fourth-order valence-corrected chi connectivity index (χ4v) is 3.20. The van der Waals surface area contributed by atoms with Crippen LogP contribution in [0.4, 0.5) is 0 Å². The summed E-state index contributed by atoms with van der Waals surface area (Å²) in [6, 6.07) is 18.5. The van der Waals surface area contributed by atoms with E-state index in [1.54, 1.807) is 19.1 Å². The summed E-state index contributed by atoms with van der Waals surface area (Å²) >= 11 is 1.19. The number of aryl methyl sites for hydroxylation is 1. The molecule has 24 heavy (non-hydrogen) atoms. The summed E-state index contributed by atoms with van der Waals surface area (Å²) in [7, 11) is 0. The molecule has 0 amide bonds. The van der Waals surface area contributed by atoms with E-state index in [-0.39, 0.29) is 11.3 Å². The van der Waals surface area contributed by atoms with E-state index in [4.69, 9.17) is 0 Å². The molecule has 3 rings (SSSR count).